The summed E-state index contributed by atoms with van der Waals surface area (Å²) in [5, 5.41) is 14.8. The van der Waals surface area contributed by atoms with Crippen LogP contribution in [0.2, 0.25) is 0 Å². The number of carbonyl (C=O) groups is 1. The molecule has 5 aliphatic rings. The van der Waals surface area contributed by atoms with Gasteiger partial charge in [0.15, 0.2) is 5.16 Å². The van der Waals surface area contributed by atoms with Crippen molar-refractivity contribution in [2.24, 2.45) is 17.8 Å². The van der Waals surface area contributed by atoms with E-state index < -0.39 is 5.60 Å². The van der Waals surface area contributed by atoms with Crippen LogP contribution in [0.25, 0.3) is 0 Å². The summed E-state index contributed by atoms with van der Waals surface area (Å²) in [4.78, 5) is 22.0. The Balaban J connectivity index is 1.38. The minimum Gasteiger partial charge on any atom is -0.390 e. The summed E-state index contributed by atoms with van der Waals surface area (Å²) in [7, 11) is 0. The standard InChI is InChI=1S/C19H25N3O2S/c1-25-18-20-9-14(16(22-18)11-2-3-11)17(23)21-15-12-4-10-5-13(15)8-19(24,6-10)7-12/h9-13,15,24H,2-8H2,1H3,(H,21,23)/t10?,12?,13?,15-,19+. The third-order valence-corrected chi connectivity index (χ3v) is 7.29. The van der Waals surface area contributed by atoms with Gasteiger partial charge in [0.05, 0.1) is 16.9 Å². The van der Waals surface area contributed by atoms with E-state index in [-0.39, 0.29) is 11.9 Å². The first-order valence-corrected chi connectivity index (χ1v) is 10.7. The molecule has 25 heavy (non-hydrogen) atoms. The Morgan fingerprint density at radius 1 is 1.28 bits per heavy atom. The van der Waals surface area contributed by atoms with Gasteiger partial charge in [0.1, 0.15) is 0 Å². The number of hydrogen-bond donors (Lipinski definition) is 2. The minimum absolute atomic E-state index is 0.0148. The van der Waals surface area contributed by atoms with Crippen LogP contribution in [-0.2, 0) is 0 Å². The molecular formula is C19H25N3O2S. The summed E-state index contributed by atoms with van der Waals surface area (Å²) >= 11 is 1.52. The third kappa shape index (κ3) is 2.78. The molecule has 2 atom stereocenters. The van der Waals surface area contributed by atoms with Gasteiger partial charge in [0, 0.05) is 18.2 Å². The SMILES string of the molecule is CSc1ncc(C(=O)N[C@H]2C3CC4CC2C[C@@](O)(C4)C3)c(C2CC2)n1. The van der Waals surface area contributed by atoms with Crippen molar-refractivity contribution in [3.05, 3.63) is 17.5 Å². The molecule has 4 bridgehead atoms. The Kier molecular flexibility index (Phi) is 3.65. The van der Waals surface area contributed by atoms with E-state index in [4.69, 9.17) is 0 Å². The van der Waals surface area contributed by atoms with Crippen molar-refractivity contribution in [3.8, 4) is 0 Å². The van der Waals surface area contributed by atoms with Gasteiger partial charge in [-0.05, 0) is 69.0 Å². The van der Waals surface area contributed by atoms with Crippen LogP contribution < -0.4 is 5.32 Å². The molecule has 0 radical (unpaired) electrons. The molecule has 5 saturated carbocycles. The van der Waals surface area contributed by atoms with Gasteiger partial charge in [-0.1, -0.05) is 11.8 Å². The van der Waals surface area contributed by atoms with Gasteiger partial charge >= 0.3 is 0 Å². The Hall–Kier alpha value is -1.14. The first-order chi connectivity index (χ1) is 12.0. The Bertz CT molecular complexity index is 705. The molecule has 0 aliphatic heterocycles. The fourth-order valence-corrected chi connectivity index (χ4v) is 6.11. The van der Waals surface area contributed by atoms with Gasteiger partial charge in [-0.3, -0.25) is 4.79 Å². The summed E-state index contributed by atoms with van der Waals surface area (Å²) in [6.07, 6.45) is 10.9. The number of carbonyl (C=O) groups excluding carboxylic acids is 1. The molecule has 2 unspecified atom stereocenters. The van der Waals surface area contributed by atoms with Crippen molar-refractivity contribution in [3.63, 3.8) is 0 Å². The van der Waals surface area contributed by atoms with Crippen LogP contribution in [-0.4, -0.2) is 38.9 Å². The molecule has 2 N–H and O–H groups in total. The first-order valence-electron chi connectivity index (χ1n) is 9.49. The van der Waals surface area contributed by atoms with Crippen molar-refractivity contribution in [2.45, 2.75) is 67.7 Å². The molecule has 0 spiro atoms. The molecule has 0 aromatic carbocycles. The summed E-state index contributed by atoms with van der Waals surface area (Å²) in [5.74, 6) is 1.92. The van der Waals surface area contributed by atoms with Crippen LogP contribution in [0.4, 0.5) is 0 Å². The molecule has 1 aromatic heterocycles. The Morgan fingerprint density at radius 2 is 2.00 bits per heavy atom. The fraction of sp³-hybridized carbons (Fsp3) is 0.737. The quantitative estimate of drug-likeness (QED) is 0.639. The second-order valence-corrected chi connectivity index (χ2v) is 9.40. The highest BCUT2D eigenvalue weighted by Gasteiger charge is 2.55. The smallest absolute Gasteiger partial charge is 0.254 e. The van der Waals surface area contributed by atoms with Crippen molar-refractivity contribution in [2.75, 3.05) is 6.26 Å². The second kappa shape index (κ2) is 5.68. The van der Waals surface area contributed by atoms with Gasteiger partial charge in [-0.15, -0.1) is 0 Å². The maximum Gasteiger partial charge on any atom is 0.254 e. The van der Waals surface area contributed by atoms with Crippen LogP contribution in [0.5, 0.6) is 0 Å². The molecule has 6 heteroatoms. The molecule has 5 nitrogen and oxygen atoms in total. The Labute approximate surface area is 152 Å². The number of thioether (sulfide) groups is 1. The summed E-state index contributed by atoms with van der Waals surface area (Å²) in [6, 6.07) is 0.205. The number of nitrogens with one attached hydrogen (secondary N) is 1. The highest BCUT2D eigenvalue weighted by molar-refractivity contribution is 7.98. The summed E-state index contributed by atoms with van der Waals surface area (Å²) < 4.78 is 0. The second-order valence-electron chi connectivity index (χ2n) is 8.62. The topological polar surface area (TPSA) is 75.1 Å². The van der Waals surface area contributed by atoms with E-state index in [0.717, 1.165) is 55.8 Å². The molecular weight excluding hydrogens is 334 g/mol. The van der Waals surface area contributed by atoms with Crippen molar-refractivity contribution < 1.29 is 9.90 Å². The largest absolute Gasteiger partial charge is 0.390 e. The molecule has 5 fully saturated rings. The fourth-order valence-electron chi connectivity index (χ4n) is 5.77. The number of rotatable bonds is 4. The number of aliphatic hydroxyl groups is 1. The Morgan fingerprint density at radius 3 is 2.60 bits per heavy atom. The number of nitrogens with zero attached hydrogens (tertiary/aromatic N) is 2. The lowest BCUT2D eigenvalue weighted by Gasteiger charge is -2.58. The zero-order valence-corrected chi connectivity index (χ0v) is 15.4. The van der Waals surface area contributed by atoms with E-state index >= 15 is 0 Å². The van der Waals surface area contributed by atoms with Crippen LogP contribution >= 0.6 is 11.8 Å². The lowest BCUT2D eigenvalue weighted by atomic mass is 9.52. The van der Waals surface area contributed by atoms with Crippen molar-refractivity contribution in [1.29, 1.82) is 0 Å². The van der Waals surface area contributed by atoms with E-state index in [1.165, 1.54) is 11.8 Å². The van der Waals surface area contributed by atoms with Gasteiger partial charge < -0.3 is 10.4 Å². The van der Waals surface area contributed by atoms with Crippen LogP contribution in [0.1, 0.15) is 66.9 Å². The molecule has 0 saturated heterocycles. The maximum absolute atomic E-state index is 13.0. The van der Waals surface area contributed by atoms with E-state index in [1.54, 1.807) is 6.20 Å². The maximum atomic E-state index is 13.0. The average Bonchev–Trinajstić information content (AvgIpc) is 3.41. The van der Waals surface area contributed by atoms with Gasteiger partial charge in [-0.25, -0.2) is 9.97 Å². The van der Waals surface area contributed by atoms with Gasteiger partial charge in [0.25, 0.3) is 5.91 Å². The van der Waals surface area contributed by atoms with Crippen molar-refractivity contribution in [1.82, 2.24) is 15.3 Å². The lowest BCUT2D eigenvalue weighted by molar-refractivity contribution is -0.136. The summed E-state index contributed by atoms with van der Waals surface area (Å²) in [6.45, 7) is 0. The predicted molar refractivity (Wildman–Crippen MR) is 95.5 cm³/mol. The first kappa shape index (κ1) is 16.1. The van der Waals surface area contributed by atoms with Crippen molar-refractivity contribution >= 4 is 17.7 Å². The summed E-state index contributed by atoms with van der Waals surface area (Å²) in [5.41, 5.74) is 1.13. The molecule has 6 rings (SSSR count). The third-order valence-electron chi connectivity index (χ3n) is 6.73. The van der Waals surface area contributed by atoms with E-state index in [1.807, 2.05) is 6.26 Å². The molecule has 1 heterocycles. The van der Waals surface area contributed by atoms with E-state index in [2.05, 4.69) is 15.3 Å². The monoisotopic (exact) mass is 359 g/mol. The van der Waals surface area contributed by atoms with Gasteiger partial charge in [0.2, 0.25) is 0 Å². The van der Waals surface area contributed by atoms with E-state index in [0.29, 0.717) is 29.2 Å². The number of hydrogen-bond acceptors (Lipinski definition) is 5. The predicted octanol–water partition coefficient (Wildman–Crippen LogP) is 2.75. The van der Waals surface area contributed by atoms with Crippen LogP contribution in [0.3, 0.4) is 0 Å². The highest BCUT2D eigenvalue weighted by Crippen LogP contribution is 2.55. The molecule has 134 valence electrons. The zero-order chi connectivity index (χ0) is 17.2. The highest BCUT2D eigenvalue weighted by atomic mass is 32.2. The lowest BCUT2D eigenvalue weighted by Crippen LogP contribution is -2.61. The average molecular weight is 359 g/mol. The van der Waals surface area contributed by atoms with Crippen LogP contribution in [0, 0.1) is 17.8 Å². The molecule has 1 amide bonds. The number of amides is 1. The van der Waals surface area contributed by atoms with Gasteiger partial charge in [-0.2, -0.15) is 0 Å². The molecule has 5 aliphatic carbocycles. The minimum atomic E-state index is -0.458. The van der Waals surface area contributed by atoms with Crippen LogP contribution in [0.15, 0.2) is 11.4 Å². The van der Waals surface area contributed by atoms with E-state index in [9.17, 15) is 9.90 Å². The zero-order valence-electron chi connectivity index (χ0n) is 14.6. The molecule has 1 aromatic rings. The number of aromatic nitrogens is 2. The normalized spacial score (nSPS) is 38.8.